The molecule has 1 unspecified atom stereocenters. The number of rotatable bonds is 6. The Labute approximate surface area is 89.1 Å². The second-order valence-corrected chi connectivity index (χ2v) is 4.52. The lowest BCUT2D eigenvalue weighted by atomic mass is 10.1. The van der Waals surface area contributed by atoms with Gasteiger partial charge in [0.2, 0.25) is 0 Å². The largest absolute Gasteiger partial charge is 0.327 e. The average molecular weight is 211 g/mol. The highest BCUT2D eigenvalue weighted by Gasteiger charge is 2.07. The van der Waals surface area contributed by atoms with E-state index in [1.54, 1.807) is 11.3 Å². The van der Waals surface area contributed by atoms with Crippen molar-refractivity contribution in [2.75, 3.05) is 0 Å². The standard InChI is InChI=1S/C11H17NOS/c1-2-9(12)8-10(13)5-6-11-4-3-7-14-11/h3-4,7,9H,2,5-6,8,12H2,1H3. The third kappa shape index (κ3) is 4.03. The monoisotopic (exact) mass is 211 g/mol. The van der Waals surface area contributed by atoms with Crippen molar-refractivity contribution in [1.29, 1.82) is 0 Å². The highest BCUT2D eigenvalue weighted by Crippen LogP contribution is 2.11. The van der Waals surface area contributed by atoms with Crippen molar-refractivity contribution in [3.05, 3.63) is 22.4 Å². The third-order valence-electron chi connectivity index (χ3n) is 2.24. The summed E-state index contributed by atoms with van der Waals surface area (Å²) in [6.45, 7) is 2.01. The van der Waals surface area contributed by atoms with E-state index in [-0.39, 0.29) is 11.8 Å². The van der Waals surface area contributed by atoms with Crippen molar-refractivity contribution in [3.8, 4) is 0 Å². The highest BCUT2D eigenvalue weighted by atomic mass is 32.1. The van der Waals surface area contributed by atoms with Gasteiger partial charge in [-0.15, -0.1) is 11.3 Å². The molecule has 0 aliphatic rings. The fourth-order valence-electron chi connectivity index (χ4n) is 1.26. The third-order valence-corrected chi connectivity index (χ3v) is 3.18. The van der Waals surface area contributed by atoms with Crippen LogP contribution in [0.2, 0.25) is 0 Å². The fraction of sp³-hybridized carbons (Fsp3) is 0.545. The molecule has 0 radical (unpaired) electrons. The van der Waals surface area contributed by atoms with Crippen molar-refractivity contribution in [2.45, 2.75) is 38.6 Å². The molecule has 2 N–H and O–H groups in total. The van der Waals surface area contributed by atoms with Crippen LogP contribution in [-0.4, -0.2) is 11.8 Å². The van der Waals surface area contributed by atoms with Gasteiger partial charge in [0.25, 0.3) is 0 Å². The second-order valence-electron chi connectivity index (χ2n) is 3.49. The van der Waals surface area contributed by atoms with Gasteiger partial charge in [0.15, 0.2) is 0 Å². The Morgan fingerprint density at radius 2 is 2.43 bits per heavy atom. The van der Waals surface area contributed by atoms with Crippen LogP contribution < -0.4 is 5.73 Å². The number of aryl methyl sites for hydroxylation is 1. The minimum atomic E-state index is 0.0471. The highest BCUT2D eigenvalue weighted by molar-refractivity contribution is 7.09. The summed E-state index contributed by atoms with van der Waals surface area (Å²) in [6, 6.07) is 4.13. The molecule has 0 bridgehead atoms. The molecule has 2 nitrogen and oxygen atoms in total. The summed E-state index contributed by atoms with van der Waals surface area (Å²) in [6.07, 6.45) is 2.91. The normalized spacial score (nSPS) is 12.7. The van der Waals surface area contributed by atoms with Gasteiger partial charge in [-0.2, -0.15) is 0 Å². The fourth-order valence-corrected chi connectivity index (χ4v) is 1.97. The number of carbonyl (C=O) groups excluding carboxylic acids is 1. The van der Waals surface area contributed by atoms with Crippen molar-refractivity contribution in [2.24, 2.45) is 5.73 Å². The van der Waals surface area contributed by atoms with Crippen LogP contribution in [0.5, 0.6) is 0 Å². The van der Waals surface area contributed by atoms with Gasteiger partial charge in [-0.3, -0.25) is 4.79 Å². The lowest BCUT2D eigenvalue weighted by Crippen LogP contribution is -2.22. The van der Waals surface area contributed by atoms with Crippen LogP contribution in [0.1, 0.15) is 31.1 Å². The Morgan fingerprint density at radius 3 is 3.00 bits per heavy atom. The summed E-state index contributed by atoms with van der Waals surface area (Å²) >= 11 is 1.71. The van der Waals surface area contributed by atoms with E-state index in [4.69, 9.17) is 5.73 Å². The summed E-state index contributed by atoms with van der Waals surface area (Å²) in [7, 11) is 0. The first-order valence-corrected chi connectivity index (χ1v) is 5.90. The van der Waals surface area contributed by atoms with Crippen LogP contribution >= 0.6 is 11.3 Å². The van der Waals surface area contributed by atoms with Crippen molar-refractivity contribution >= 4 is 17.1 Å². The summed E-state index contributed by atoms with van der Waals surface area (Å²) in [5.74, 6) is 0.285. The van der Waals surface area contributed by atoms with Gasteiger partial charge in [0, 0.05) is 23.8 Å². The number of hydrogen-bond acceptors (Lipinski definition) is 3. The maximum atomic E-state index is 11.4. The molecule has 1 aromatic rings. The van der Waals surface area contributed by atoms with Gasteiger partial charge < -0.3 is 5.73 Å². The first kappa shape index (κ1) is 11.4. The second kappa shape index (κ2) is 5.94. The molecular formula is C11H17NOS. The van der Waals surface area contributed by atoms with E-state index in [0.29, 0.717) is 12.8 Å². The van der Waals surface area contributed by atoms with Gasteiger partial charge in [-0.05, 0) is 24.3 Å². The van der Waals surface area contributed by atoms with Crippen LogP contribution in [0.15, 0.2) is 17.5 Å². The van der Waals surface area contributed by atoms with E-state index >= 15 is 0 Å². The molecule has 0 spiro atoms. The predicted octanol–water partition coefficient (Wildman–Crippen LogP) is 2.38. The van der Waals surface area contributed by atoms with E-state index in [1.807, 2.05) is 18.4 Å². The zero-order valence-electron chi connectivity index (χ0n) is 8.53. The van der Waals surface area contributed by atoms with Gasteiger partial charge in [-0.25, -0.2) is 0 Å². The van der Waals surface area contributed by atoms with Gasteiger partial charge >= 0.3 is 0 Å². The Balaban J connectivity index is 2.22. The Morgan fingerprint density at radius 1 is 1.64 bits per heavy atom. The Kier molecular flexibility index (Phi) is 4.84. The van der Waals surface area contributed by atoms with Gasteiger partial charge in [-0.1, -0.05) is 13.0 Å². The smallest absolute Gasteiger partial charge is 0.134 e. The molecule has 1 atom stereocenters. The van der Waals surface area contributed by atoms with E-state index in [2.05, 4.69) is 6.07 Å². The van der Waals surface area contributed by atoms with Gasteiger partial charge in [0.1, 0.15) is 5.78 Å². The van der Waals surface area contributed by atoms with E-state index in [0.717, 1.165) is 12.8 Å². The van der Waals surface area contributed by atoms with Crippen LogP contribution in [0, 0.1) is 0 Å². The molecule has 0 saturated carbocycles. The number of Topliss-reactive ketones (excluding diaryl/α,β-unsaturated/α-hetero) is 1. The van der Waals surface area contributed by atoms with Crippen LogP contribution in [0.3, 0.4) is 0 Å². The van der Waals surface area contributed by atoms with Crippen molar-refractivity contribution in [3.63, 3.8) is 0 Å². The molecule has 14 heavy (non-hydrogen) atoms. The maximum absolute atomic E-state index is 11.4. The lowest BCUT2D eigenvalue weighted by molar-refractivity contribution is -0.119. The van der Waals surface area contributed by atoms with E-state index in [1.165, 1.54) is 4.88 Å². The molecule has 0 fully saturated rings. The number of nitrogens with two attached hydrogens (primary N) is 1. The van der Waals surface area contributed by atoms with Crippen molar-refractivity contribution in [1.82, 2.24) is 0 Å². The minimum absolute atomic E-state index is 0.0471. The lowest BCUT2D eigenvalue weighted by Gasteiger charge is -2.06. The summed E-state index contributed by atoms with van der Waals surface area (Å²) < 4.78 is 0. The maximum Gasteiger partial charge on any atom is 0.134 e. The number of ketones is 1. The van der Waals surface area contributed by atoms with E-state index < -0.39 is 0 Å². The zero-order chi connectivity index (χ0) is 10.4. The summed E-state index contributed by atoms with van der Waals surface area (Å²) in [5.41, 5.74) is 5.70. The molecule has 78 valence electrons. The zero-order valence-corrected chi connectivity index (χ0v) is 9.35. The van der Waals surface area contributed by atoms with Crippen LogP contribution in [0.4, 0.5) is 0 Å². The molecule has 1 rings (SSSR count). The first-order valence-electron chi connectivity index (χ1n) is 5.02. The molecule has 0 aliphatic carbocycles. The van der Waals surface area contributed by atoms with E-state index in [9.17, 15) is 4.79 Å². The molecular weight excluding hydrogens is 194 g/mol. The molecule has 3 heteroatoms. The molecule has 1 aromatic heterocycles. The first-order chi connectivity index (χ1) is 6.72. The molecule has 0 saturated heterocycles. The Bertz CT molecular complexity index is 269. The quantitative estimate of drug-likeness (QED) is 0.785. The van der Waals surface area contributed by atoms with Crippen molar-refractivity contribution < 1.29 is 4.79 Å². The average Bonchev–Trinajstić information content (AvgIpc) is 2.67. The summed E-state index contributed by atoms with van der Waals surface area (Å²) in [5, 5.41) is 2.04. The summed E-state index contributed by atoms with van der Waals surface area (Å²) in [4.78, 5) is 12.7. The van der Waals surface area contributed by atoms with Crippen LogP contribution in [0.25, 0.3) is 0 Å². The molecule has 1 heterocycles. The number of hydrogen-bond donors (Lipinski definition) is 1. The predicted molar refractivity (Wildman–Crippen MR) is 60.5 cm³/mol. The molecule has 0 aromatic carbocycles. The topological polar surface area (TPSA) is 43.1 Å². The molecule has 0 aliphatic heterocycles. The molecule has 0 amide bonds. The van der Waals surface area contributed by atoms with Gasteiger partial charge in [0.05, 0.1) is 0 Å². The Hall–Kier alpha value is -0.670. The number of carbonyl (C=O) groups is 1. The number of thiophene rings is 1. The SMILES string of the molecule is CCC(N)CC(=O)CCc1cccs1. The minimum Gasteiger partial charge on any atom is -0.327 e. The van der Waals surface area contributed by atoms with Crippen LogP contribution in [-0.2, 0) is 11.2 Å².